The Hall–Kier alpha value is -2.36. The summed E-state index contributed by atoms with van der Waals surface area (Å²) in [6.45, 7) is 3.31. The number of ether oxygens (including phenoxy) is 1. The van der Waals surface area contributed by atoms with Gasteiger partial charge in [0, 0.05) is 19.2 Å². The molecular weight excluding hydrogens is 400 g/mol. The molecule has 0 aliphatic carbocycles. The van der Waals surface area contributed by atoms with E-state index in [1.54, 1.807) is 0 Å². The molecule has 0 saturated heterocycles. The van der Waals surface area contributed by atoms with E-state index in [0.29, 0.717) is 0 Å². The largest absolute Gasteiger partial charge is 0.464 e. The van der Waals surface area contributed by atoms with Gasteiger partial charge in [0.25, 0.3) is 5.56 Å². The third-order valence-corrected chi connectivity index (χ3v) is 3.68. The Morgan fingerprint density at radius 1 is 1.25 bits per heavy atom. The Morgan fingerprint density at radius 3 is 2.42 bits per heavy atom. The van der Waals surface area contributed by atoms with Crippen LogP contribution in [0.1, 0.15) is 5.69 Å². The second kappa shape index (κ2) is 6.27. The Labute approximate surface area is 140 Å². The third kappa shape index (κ3) is 3.14. The van der Waals surface area contributed by atoms with E-state index in [0.717, 1.165) is 25.4 Å². The zero-order chi connectivity index (χ0) is 18.2. The molecule has 0 aliphatic rings. The van der Waals surface area contributed by atoms with Crippen molar-refractivity contribution in [3.63, 3.8) is 0 Å². The zero-order valence-electron chi connectivity index (χ0n) is 12.0. The fourth-order valence-corrected chi connectivity index (χ4v) is 2.40. The number of nitrogens with zero attached hydrogens (tertiary/aromatic N) is 2. The van der Waals surface area contributed by atoms with Crippen LogP contribution in [0.2, 0.25) is 0 Å². The van der Waals surface area contributed by atoms with Gasteiger partial charge in [-0.25, -0.2) is 13.8 Å². The fourth-order valence-electron chi connectivity index (χ4n) is 1.99. The number of rotatable bonds is 3. The van der Waals surface area contributed by atoms with Crippen molar-refractivity contribution in [1.82, 2.24) is 9.13 Å². The second-order valence-corrected chi connectivity index (χ2v) is 5.42. The van der Waals surface area contributed by atoms with E-state index in [2.05, 4.69) is 22.5 Å². The molecule has 0 unspecified atom stereocenters. The molecule has 0 saturated carbocycles. The summed E-state index contributed by atoms with van der Waals surface area (Å²) in [4.78, 5) is 24.1. The molecular formula is C14H9BrF4N2O3. The van der Waals surface area contributed by atoms with Gasteiger partial charge in [0.15, 0.2) is 0 Å². The average Bonchev–Trinajstić information content (AvgIpc) is 2.46. The van der Waals surface area contributed by atoms with Crippen LogP contribution < -0.4 is 16.0 Å². The Morgan fingerprint density at radius 2 is 1.88 bits per heavy atom. The summed E-state index contributed by atoms with van der Waals surface area (Å²) in [6.07, 6.45) is -3.88. The molecule has 1 aromatic carbocycles. The quantitative estimate of drug-likeness (QED) is 0.579. The van der Waals surface area contributed by atoms with Gasteiger partial charge in [-0.3, -0.25) is 9.36 Å². The molecule has 1 heterocycles. The van der Waals surface area contributed by atoms with E-state index in [4.69, 9.17) is 4.74 Å². The highest BCUT2D eigenvalue weighted by Crippen LogP contribution is 2.30. The first kappa shape index (κ1) is 18.0. The topological polar surface area (TPSA) is 53.2 Å². The molecule has 10 heteroatoms. The van der Waals surface area contributed by atoms with E-state index >= 15 is 0 Å². The van der Waals surface area contributed by atoms with Crippen molar-refractivity contribution in [3.05, 3.63) is 67.9 Å². The summed E-state index contributed by atoms with van der Waals surface area (Å²) in [5, 5.41) is 0. The molecule has 0 atom stereocenters. The first-order chi connectivity index (χ1) is 11.1. The molecule has 24 heavy (non-hydrogen) atoms. The number of alkyl halides is 3. The van der Waals surface area contributed by atoms with Crippen LogP contribution in [0.4, 0.5) is 17.6 Å². The average molecular weight is 409 g/mol. The third-order valence-electron chi connectivity index (χ3n) is 3.06. The summed E-state index contributed by atoms with van der Waals surface area (Å²) < 4.78 is 58.3. The predicted octanol–water partition coefficient (Wildman–Crippen LogP) is 2.98. The van der Waals surface area contributed by atoms with Crippen LogP contribution >= 0.6 is 15.9 Å². The molecule has 0 fully saturated rings. The number of halogens is 5. The van der Waals surface area contributed by atoms with E-state index < -0.39 is 34.6 Å². The van der Waals surface area contributed by atoms with Crippen molar-refractivity contribution in [3.8, 4) is 11.4 Å². The van der Waals surface area contributed by atoms with E-state index in [1.165, 1.54) is 0 Å². The molecule has 1 aromatic heterocycles. The maximum atomic E-state index is 14.1. The van der Waals surface area contributed by atoms with Crippen molar-refractivity contribution in [2.75, 3.05) is 0 Å². The van der Waals surface area contributed by atoms with E-state index in [9.17, 15) is 27.2 Å². The lowest BCUT2D eigenvalue weighted by Gasteiger charge is -2.15. The second-order valence-electron chi connectivity index (χ2n) is 4.56. The minimum Gasteiger partial charge on any atom is -0.464 e. The molecule has 0 aliphatic heterocycles. The van der Waals surface area contributed by atoms with Crippen LogP contribution in [0.3, 0.4) is 0 Å². The van der Waals surface area contributed by atoms with Gasteiger partial charge in [-0.2, -0.15) is 13.2 Å². The summed E-state index contributed by atoms with van der Waals surface area (Å²) in [5.74, 6) is -0.979. The van der Waals surface area contributed by atoms with Crippen molar-refractivity contribution >= 4 is 15.9 Å². The van der Waals surface area contributed by atoms with Crippen LogP contribution in [0.25, 0.3) is 5.69 Å². The van der Waals surface area contributed by atoms with Crippen molar-refractivity contribution < 1.29 is 22.3 Å². The molecule has 5 nitrogen and oxygen atoms in total. The maximum Gasteiger partial charge on any atom is 0.431 e. The van der Waals surface area contributed by atoms with Crippen LogP contribution in [0.15, 0.2) is 45.1 Å². The zero-order valence-corrected chi connectivity index (χ0v) is 13.6. The maximum absolute atomic E-state index is 14.1. The molecule has 0 radical (unpaired) electrons. The van der Waals surface area contributed by atoms with Gasteiger partial charge in [-0.1, -0.05) is 6.58 Å². The summed E-state index contributed by atoms with van der Waals surface area (Å²) >= 11 is 3.01. The van der Waals surface area contributed by atoms with Crippen LogP contribution in [0.5, 0.6) is 5.75 Å². The summed E-state index contributed by atoms with van der Waals surface area (Å²) in [6, 6.07) is 2.13. The van der Waals surface area contributed by atoms with Crippen LogP contribution in [-0.4, -0.2) is 9.13 Å². The van der Waals surface area contributed by atoms with Gasteiger partial charge in [0.1, 0.15) is 17.3 Å². The highest BCUT2D eigenvalue weighted by molar-refractivity contribution is 9.10. The first-order valence-electron chi connectivity index (χ1n) is 6.25. The predicted molar refractivity (Wildman–Crippen MR) is 80.8 cm³/mol. The van der Waals surface area contributed by atoms with E-state index in [-0.39, 0.29) is 25.4 Å². The number of benzene rings is 1. The van der Waals surface area contributed by atoms with Gasteiger partial charge in [0.05, 0.1) is 16.4 Å². The van der Waals surface area contributed by atoms with Gasteiger partial charge in [0.2, 0.25) is 0 Å². The van der Waals surface area contributed by atoms with Crippen molar-refractivity contribution in [2.45, 2.75) is 6.18 Å². The normalized spacial score (nSPS) is 11.4. The number of hydrogen-bond acceptors (Lipinski definition) is 3. The molecule has 0 amide bonds. The van der Waals surface area contributed by atoms with Gasteiger partial charge in [-0.15, -0.1) is 0 Å². The molecule has 128 valence electrons. The van der Waals surface area contributed by atoms with Gasteiger partial charge >= 0.3 is 11.9 Å². The Balaban J connectivity index is 2.82. The first-order valence-corrected chi connectivity index (χ1v) is 7.04. The highest BCUT2D eigenvalue weighted by atomic mass is 79.9. The SMILES string of the molecule is C=COc1cc(-n2c(=O)cc(C(F)(F)F)n(C)c2=O)c(F)cc1Br. The Bertz CT molecular complexity index is 931. The molecule has 0 N–H and O–H groups in total. The summed E-state index contributed by atoms with van der Waals surface area (Å²) in [5.41, 5.74) is -4.65. The molecule has 2 aromatic rings. The molecule has 0 bridgehead atoms. The highest BCUT2D eigenvalue weighted by Gasteiger charge is 2.35. The van der Waals surface area contributed by atoms with Gasteiger partial charge < -0.3 is 4.74 Å². The smallest absolute Gasteiger partial charge is 0.431 e. The lowest BCUT2D eigenvalue weighted by Crippen LogP contribution is -2.41. The Kier molecular flexibility index (Phi) is 4.70. The van der Waals surface area contributed by atoms with Crippen LogP contribution in [-0.2, 0) is 13.2 Å². The fraction of sp³-hybridized carbons (Fsp3) is 0.143. The minimum absolute atomic E-state index is 0.0234. The monoisotopic (exact) mass is 408 g/mol. The lowest BCUT2D eigenvalue weighted by molar-refractivity contribution is -0.144. The van der Waals surface area contributed by atoms with Crippen molar-refractivity contribution in [2.24, 2.45) is 7.05 Å². The number of hydrogen-bond donors (Lipinski definition) is 0. The van der Waals surface area contributed by atoms with Gasteiger partial charge in [-0.05, 0) is 22.0 Å². The van der Waals surface area contributed by atoms with Crippen molar-refractivity contribution in [1.29, 1.82) is 0 Å². The standard InChI is InChI=1S/C14H9BrF4N2O3/c1-3-24-10-5-9(8(16)4-7(10)15)21-12(22)6-11(14(17,18)19)20(2)13(21)23/h3-6H,1H2,2H3. The van der Waals surface area contributed by atoms with Crippen LogP contribution in [0, 0.1) is 5.82 Å². The minimum atomic E-state index is -4.90. The summed E-state index contributed by atoms with van der Waals surface area (Å²) in [7, 11) is 0.832. The van der Waals surface area contributed by atoms with E-state index in [1.807, 2.05) is 0 Å². The lowest BCUT2D eigenvalue weighted by atomic mass is 10.2. The number of aromatic nitrogens is 2. The molecule has 0 spiro atoms. The molecule has 2 rings (SSSR count).